The topological polar surface area (TPSA) is 44.9 Å². The molecule has 0 saturated heterocycles. The first-order valence-electron chi connectivity index (χ1n) is 9.06. The maximum atomic E-state index is 13.8. The number of amides is 1. The van der Waals surface area contributed by atoms with Crippen LogP contribution in [0.4, 0.5) is 4.39 Å². The predicted octanol–water partition coefficient (Wildman–Crippen LogP) is 4.99. The molecule has 3 nitrogen and oxygen atoms in total. The van der Waals surface area contributed by atoms with Crippen LogP contribution in [0.15, 0.2) is 54.7 Å². The van der Waals surface area contributed by atoms with Crippen molar-refractivity contribution in [3.05, 3.63) is 71.7 Å². The van der Waals surface area contributed by atoms with Gasteiger partial charge in [0.25, 0.3) is 0 Å². The van der Waals surface area contributed by atoms with E-state index in [4.69, 9.17) is 0 Å². The Morgan fingerprint density at radius 2 is 1.88 bits per heavy atom. The van der Waals surface area contributed by atoms with E-state index in [-0.39, 0.29) is 30.1 Å². The van der Waals surface area contributed by atoms with Crippen LogP contribution in [-0.2, 0) is 4.79 Å². The van der Waals surface area contributed by atoms with Gasteiger partial charge in [0.05, 0.1) is 0 Å². The molecule has 0 radical (unpaired) electrons. The van der Waals surface area contributed by atoms with Crippen molar-refractivity contribution in [3.63, 3.8) is 0 Å². The third-order valence-corrected chi connectivity index (χ3v) is 5.03. The Bertz CT molecular complexity index is 900. The summed E-state index contributed by atoms with van der Waals surface area (Å²) in [5.74, 6) is -0.157. The summed E-state index contributed by atoms with van der Waals surface area (Å²) in [5, 5.41) is 4.12. The van der Waals surface area contributed by atoms with E-state index < -0.39 is 0 Å². The van der Waals surface area contributed by atoms with Crippen molar-refractivity contribution in [3.8, 4) is 0 Å². The summed E-state index contributed by atoms with van der Waals surface area (Å²) in [5.41, 5.74) is 2.83. The average molecular weight is 352 g/mol. The molecular formula is C22H25FN2O. The van der Waals surface area contributed by atoms with Crippen LogP contribution in [0.2, 0.25) is 0 Å². The largest absolute Gasteiger partial charge is 0.361 e. The molecule has 0 aliphatic rings. The predicted molar refractivity (Wildman–Crippen MR) is 104 cm³/mol. The lowest BCUT2D eigenvalue weighted by Crippen LogP contribution is -2.36. The first-order valence-corrected chi connectivity index (χ1v) is 9.06. The van der Waals surface area contributed by atoms with E-state index in [0.717, 1.165) is 22.0 Å². The van der Waals surface area contributed by atoms with Gasteiger partial charge in [-0.2, -0.15) is 0 Å². The molecule has 2 N–H and O–H groups in total. The number of hydrogen-bond acceptors (Lipinski definition) is 1. The molecular weight excluding hydrogens is 327 g/mol. The van der Waals surface area contributed by atoms with Gasteiger partial charge in [0.1, 0.15) is 5.82 Å². The van der Waals surface area contributed by atoms with Gasteiger partial charge in [0.15, 0.2) is 0 Å². The highest BCUT2D eigenvalue weighted by molar-refractivity contribution is 5.86. The van der Waals surface area contributed by atoms with Gasteiger partial charge in [-0.25, -0.2) is 4.39 Å². The van der Waals surface area contributed by atoms with Gasteiger partial charge >= 0.3 is 0 Å². The van der Waals surface area contributed by atoms with E-state index in [1.807, 2.05) is 43.5 Å². The molecule has 136 valence electrons. The van der Waals surface area contributed by atoms with Crippen molar-refractivity contribution >= 4 is 16.8 Å². The third kappa shape index (κ3) is 3.96. The van der Waals surface area contributed by atoms with Crippen LogP contribution in [0, 0.1) is 11.7 Å². The monoisotopic (exact) mass is 352 g/mol. The van der Waals surface area contributed by atoms with Crippen molar-refractivity contribution in [1.82, 2.24) is 10.3 Å². The molecule has 0 saturated carbocycles. The molecule has 0 fully saturated rings. The zero-order valence-electron chi connectivity index (χ0n) is 15.4. The fourth-order valence-corrected chi connectivity index (χ4v) is 3.18. The standard InChI is InChI=1S/C22H25FN2O/c1-14(2)15(3)25-22(26)12-19(16-7-6-8-17(23)11-16)20-13-24-21-10-5-4-9-18(20)21/h4-11,13-15,19,24H,12H2,1-3H3,(H,25,26)/t15-,19-/m1/s1. The maximum Gasteiger partial charge on any atom is 0.221 e. The summed E-state index contributed by atoms with van der Waals surface area (Å²) in [4.78, 5) is 15.9. The molecule has 1 heterocycles. The molecule has 4 heteroatoms. The number of nitrogens with one attached hydrogen (secondary N) is 2. The first-order chi connectivity index (χ1) is 12.5. The Morgan fingerprint density at radius 1 is 1.12 bits per heavy atom. The van der Waals surface area contributed by atoms with Crippen molar-refractivity contribution < 1.29 is 9.18 Å². The lowest BCUT2D eigenvalue weighted by atomic mass is 9.87. The van der Waals surface area contributed by atoms with E-state index in [9.17, 15) is 9.18 Å². The number of H-pyrrole nitrogens is 1. The quantitative estimate of drug-likeness (QED) is 0.645. The normalized spacial score (nSPS) is 13.7. The molecule has 0 bridgehead atoms. The zero-order chi connectivity index (χ0) is 18.7. The third-order valence-electron chi connectivity index (χ3n) is 5.03. The summed E-state index contributed by atoms with van der Waals surface area (Å²) in [7, 11) is 0. The number of benzene rings is 2. The summed E-state index contributed by atoms with van der Waals surface area (Å²) >= 11 is 0. The second-order valence-corrected chi connectivity index (χ2v) is 7.20. The maximum absolute atomic E-state index is 13.8. The molecule has 0 spiro atoms. The van der Waals surface area contributed by atoms with Crippen molar-refractivity contribution in [1.29, 1.82) is 0 Å². The van der Waals surface area contributed by atoms with Gasteiger partial charge in [-0.1, -0.05) is 44.2 Å². The molecule has 0 unspecified atom stereocenters. The minimum absolute atomic E-state index is 0.0225. The summed E-state index contributed by atoms with van der Waals surface area (Å²) < 4.78 is 13.8. The lowest BCUT2D eigenvalue weighted by molar-refractivity contribution is -0.122. The number of aromatic nitrogens is 1. The van der Waals surface area contributed by atoms with Crippen LogP contribution in [0.25, 0.3) is 10.9 Å². The summed E-state index contributed by atoms with van der Waals surface area (Å²) in [6.45, 7) is 6.16. The second kappa shape index (κ2) is 7.73. The highest BCUT2D eigenvalue weighted by Gasteiger charge is 2.23. The van der Waals surface area contributed by atoms with E-state index in [0.29, 0.717) is 5.92 Å². The van der Waals surface area contributed by atoms with Crippen LogP contribution in [0.3, 0.4) is 0 Å². The highest BCUT2D eigenvalue weighted by atomic mass is 19.1. The van der Waals surface area contributed by atoms with Crippen molar-refractivity contribution in [2.75, 3.05) is 0 Å². The average Bonchev–Trinajstić information content (AvgIpc) is 3.03. The fourth-order valence-electron chi connectivity index (χ4n) is 3.18. The van der Waals surface area contributed by atoms with Crippen molar-refractivity contribution in [2.45, 2.75) is 39.2 Å². The van der Waals surface area contributed by atoms with Crippen LogP contribution in [0.5, 0.6) is 0 Å². The number of carbonyl (C=O) groups is 1. The Hall–Kier alpha value is -2.62. The van der Waals surface area contributed by atoms with Crippen molar-refractivity contribution in [2.24, 2.45) is 5.92 Å². The van der Waals surface area contributed by atoms with Gasteiger partial charge in [-0.05, 0) is 42.2 Å². The fraction of sp³-hybridized carbons (Fsp3) is 0.318. The first kappa shape index (κ1) is 18.2. The summed E-state index contributed by atoms with van der Waals surface area (Å²) in [6.07, 6.45) is 2.21. The number of halogens is 1. The van der Waals surface area contributed by atoms with Crippen LogP contribution >= 0.6 is 0 Å². The number of rotatable bonds is 6. The van der Waals surface area contributed by atoms with Gasteiger partial charge in [-0.15, -0.1) is 0 Å². The molecule has 3 aromatic rings. The molecule has 0 aliphatic carbocycles. The van der Waals surface area contributed by atoms with Gasteiger partial charge in [0, 0.05) is 35.5 Å². The molecule has 1 aromatic heterocycles. The van der Waals surface area contributed by atoms with Crippen LogP contribution < -0.4 is 5.32 Å². The van der Waals surface area contributed by atoms with Gasteiger partial charge in [-0.3, -0.25) is 4.79 Å². The number of fused-ring (bicyclic) bond motifs is 1. The molecule has 2 aromatic carbocycles. The Morgan fingerprint density at radius 3 is 2.62 bits per heavy atom. The molecule has 3 rings (SSSR count). The van der Waals surface area contributed by atoms with E-state index in [1.54, 1.807) is 6.07 Å². The summed E-state index contributed by atoms with van der Waals surface area (Å²) in [6, 6.07) is 14.6. The Kier molecular flexibility index (Phi) is 5.40. The van der Waals surface area contributed by atoms with Gasteiger partial charge in [0.2, 0.25) is 5.91 Å². The zero-order valence-corrected chi connectivity index (χ0v) is 15.4. The van der Waals surface area contributed by atoms with Crippen LogP contribution in [0.1, 0.15) is 44.2 Å². The van der Waals surface area contributed by atoms with Gasteiger partial charge < -0.3 is 10.3 Å². The minimum Gasteiger partial charge on any atom is -0.361 e. The smallest absolute Gasteiger partial charge is 0.221 e. The number of para-hydroxylation sites is 1. The lowest BCUT2D eigenvalue weighted by Gasteiger charge is -2.21. The highest BCUT2D eigenvalue weighted by Crippen LogP contribution is 2.33. The minimum atomic E-state index is -0.289. The van der Waals surface area contributed by atoms with Crippen LogP contribution in [-0.4, -0.2) is 16.9 Å². The molecule has 2 atom stereocenters. The van der Waals surface area contributed by atoms with E-state index in [1.165, 1.54) is 12.1 Å². The molecule has 1 amide bonds. The molecule has 0 aliphatic heterocycles. The number of hydrogen-bond donors (Lipinski definition) is 2. The second-order valence-electron chi connectivity index (χ2n) is 7.20. The van der Waals surface area contributed by atoms with E-state index in [2.05, 4.69) is 24.1 Å². The SMILES string of the molecule is CC(C)[C@@H](C)NC(=O)C[C@H](c1cccc(F)c1)c1c[nH]c2ccccc12. The van der Waals surface area contributed by atoms with E-state index >= 15 is 0 Å². The Balaban J connectivity index is 1.96. The molecule has 26 heavy (non-hydrogen) atoms. The number of carbonyl (C=O) groups excluding carboxylic acids is 1. The number of aromatic amines is 1. The Labute approximate surface area is 153 Å².